The van der Waals surface area contributed by atoms with Crippen molar-refractivity contribution in [2.75, 3.05) is 19.8 Å². The van der Waals surface area contributed by atoms with Gasteiger partial charge in [0.25, 0.3) is 0 Å². The second kappa shape index (κ2) is 6.28. The van der Waals surface area contributed by atoms with E-state index in [1.807, 2.05) is 11.4 Å². The second-order valence-electron chi connectivity index (χ2n) is 3.32. The predicted octanol–water partition coefficient (Wildman–Crippen LogP) is 2.85. The molecule has 5 nitrogen and oxygen atoms in total. The molecule has 17 heavy (non-hydrogen) atoms. The first-order chi connectivity index (χ1) is 8.40. The van der Waals surface area contributed by atoms with Crippen LogP contribution in [-0.2, 0) is 9.47 Å². The minimum Gasteiger partial charge on any atom is -0.345 e. The van der Waals surface area contributed by atoms with Gasteiger partial charge in [0.2, 0.25) is 0 Å². The van der Waals surface area contributed by atoms with Crippen LogP contribution in [0.3, 0.4) is 0 Å². The molecule has 88 valence electrons. The Hall–Kier alpha value is -1.51. The van der Waals surface area contributed by atoms with Gasteiger partial charge < -0.3 is 9.47 Å². The van der Waals surface area contributed by atoms with Crippen molar-refractivity contribution < 1.29 is 9.47 Å². The highest BCUT2D eigenvalue weighted by Crippen LogP contribution is 2.28. The lowest BCUT2D eigenvalue weighted by molar-refractivity contribution is -0.0413. The van der Waals surface area contributed by atoms with Gasteiger partial charge >= 0.3 is 0 Å². The largest absolute Gasteiger partial charge is 0.345 e. The molecule has 1 aromatic heterocycles. The molecule has 0 aromatic carbocycles. The monoisotopic (exact) mass is 249 g/mol. The Morgan fingerprint density at radius 2 is 2.35 bits per heavy atom. The van der Waals surface area contributed by atoms with Gasteiger partial charge in [-0.15, -0.1) is 11.3 Å². The van der Waals surface area contributed by atoms with Crippen LogP contribution >= 0.6 is 11.3 Å². The lowest BCUT2D eigenvalue weighted by Gasteiger charge is -2.03. The molecule has 1 aromatic rings. The third kappa shape index (κ3) is 3.48. The van der Waals surface area contributed by atoms with Crippen molar-refractivity contribution in [2.24, 2.45) is 5.11 Å². The van der Waals surface area contributed by atoms with Crippen molar-refractivity contribution in [3.8, 4) is 11.8 Å². The average Bonchev–Trinajstić information content (AvgIpc) is 2.99. The minimum absolute atomic E-state index is 0.223. The van der Waals surface area contributed by atoms with Crippen molar-refractivity contribution in [1.29, 1.82) is 0 Å². The van der Waals surface area contributed by atoms with Crippen molar-refractivity contribution >= 4 is 11.3 Å². The van der Waals surface area contributed by atoms with E-state index in [2.05, 4.69) is 21.9 Å². The zero-order valence-corrected chi connectivity index (χ0v) is 9.94. The molecule has 1 fully saturated rings. The lowest BCUT2D eigenvalue weighted by atomic mass is 10.3. The number of ether oxygens (including phenoxy) is 2. The molecule has 6 heteroatoms. The molecule has 0 unspecified atom stereocenters. The highest BCUT2D eigenvalue weighted by atomic mass is 32.1. The lowest BCUT2D eigenvalue weighted by Crippen LogP contribution is -1.93. The summed E-state index contributed by atoms with van der Waals surface area (Å²) in [7, 11) is 0. The van der Waals surface area contributed by atoms with Crippen LogP contribution in [0.15, 0.2) is 16.6 Å². The molecule has 0 N–H and O–H groups in total. The van der Waals surface area contributed by atoms with Crippen molar-refractivity contribution in [2.45, 2.75) is 12.7 Å². The van der Waals surface area contributed by atoms with Crippen LogP contribution in [0, 0.1) is 11.8 Å². The average molecular weight is 249 g/mol. The van der Waals surface area contributed by atoms with Crippen molar-refractivity contribution in [3.63, 3.8) is 0 Å². The predicted molar refractivity (Wildman–Crippen MR) is 64.5 cm³/mol. The fourth-order valence-corrected chi connectivity index (χ4v) is 2.21. The number of hydrogen-bond acceptors (Lipinski definition) is 4. The van der Waals surface area contributed by atoms with E-state index in [4.69, 9.17) is 15.0 Å². The third-order valence-electron chi connectivity index (χ3n) is 2.11. The normalized spacial score (nSPS) is 15.1. The standard InChI is InChI=1S/C11H11N3O2S/c12-14-13-4-2-1-3-9-7-10(17-8-9)11-15-5-6-16-11/h7-8,11H,2,4-6H2. The first kappa shape index (κ1) is 12.0. The molecule has 1 aliphatic heterocycles. The van der Waals surface area contributed by atoms with Gasteiger partial charge in [-0.3, -0.25) is 0 Å². The van der Waals surface area contributed by atoms with Crippen LogP contribution in [0.4, 0.5) is 0 Å². The summed E-state index contributed by atoms with van der Waals surface area (Å²) >= 11 is 1.58. The second-order valence-corrected chi connectivity index (χ2v) is 4.26. The number of thiophene rings is 1. The highest BCUT2D eigenvalue weighted by molar-refractivity contribution is 7.10. The molecule has 0 aliphatic carbocycles. The quantitative estimate of drug-likeness (QED) is 0.272. The summed E-state index contributed by atoms with van der Waals surface area (Å²) in [5.74, 6) is 5.96. The van der Waals surface area contributed by atoms with Crippen LogP contribution in [0.2, 0.25) is 0 Å². The Balaban J connectivity index is 1.91. The van der Waals surface area contributed by atoms with E-state index in [0.717, 1.165) is 10.4 Å². The molecule has 0 amide bonds. The van der Waals surface area contributed by atoms with Crippen LogP contribution in [-0.4, -0.2) is 19.8 Å². The van der Waals surface area contributed by atoms with E-state index in [0.29, 0.717) is 26.2 Å². The Kier molecular flexibility index (Phi) is 4.42. The molecule has 1 aliphatic rings. The number of nitrogens with zero attached hydrogens (tertiary/aromatic N) is 3. The van der Waals surface area contributed by atoms with Gasteiger partial charge in [-0.1, -0.05) is 17.0 Å². The number of rotatable bonds is 3. The van der Waals surface area contributed by atoms with E-state index in [1.165, 1.54) is 0 Å². The van der Waals surface area contributed by atoms with E-state index in [9.17, 15) is 0 Å². The number of hydrogen-bond donors (Lipinski definition) is 0. The molecule has 0 bridgehead atoms. The Morgan fingerprint density at radius 3 is 3.12 bits per heavy atom. The summed E-state index contributed by atoms with van der Waals surface area (Å²) in [5.41, 5.74) is 9.04. The molecule has 2 heterocycles. The zero-order chi connectivity index (χ0) is 11.9. The summed E-state index contributed by atoms with van der Waals surface area (Å²) in [6.07, 6.45) is 0.352. The molecular formula is C11H11N3O2S. The van der Waals surface area contributed by atoms with Crippen LogP contribution in [0.25, 0.3) is 10.4 Å². The van der Waals surface area contributed by atoms with Gasteiger partial charge in [0.05, 0.1) is 18.1 Å². The van der Waals surface area contributed by atoms with E-state index in [1.54, 1.807) is 11.3 Å². The van der Waals surface area contributed by atoms with Gasteiger partial charge in [0, 0.05) is 28.8 Å². The van der Waals surface area contributed by atoms with Crippen LogP contribution in [0.1, 0.15) is 23.2 Å². The topological polar surface area (TPSA) is 67.2 Å². The molecule has 0 atom stereocenters. The molecular weight excluding hydrogens is 238 g/mol. The van der Waals surface area contributed by atoms with Gasteiger partial charge in [-0.25, -0.2) is 0 Å². The van der Waals surface area contributed by atoms with E-state index < -0.39 is 0 Å². The Morgan fingerprint density at radius 1 is 1.53 bits per heavy atom. The summed E-state index contributed by atoms with van der Waals surface area (Å²) in [6.45, 7) is 1.71. The van der Waals surface area contributed by atoms with Gasteiger partial charge in [-0.2, -0.15) is 0 Å². The molecule has 0 saturated carbocycles. The SMILES string of the molecule is [N-]=[N+]=NCCC#Cc1csc(C2OCCO2)c1. The minimum atomic E-state index is -0.223. The van der Waals surface area contributed by atoms with Crippen LogP contribution in [0.5, 0.6) is 0 Å². The highest BCUT2D eigenvalue weighted by Gasteiger charge is 2.19. The maximum Gasteiger partial charge on any atom is 0.193 e. The smallest absolute Gasteiger partial charge is 0.193 e. The van der Waals surface area contributed by atoms with Crippen molar-refractivity contribution in [3.05, 3.63) is 32.3 Å². The fourth-order valence-electron chi connectivity index (χ4n) is 1.38. The zero-order valence-electron chi connectivity index (χ0n) is 9.13. The Labute approximate surface area is 103 Å². The van der Waals surface area contributed by atoms with Gasteiger partial charge in [0.15, 0.2) is 6.29 Å². The fraction of sp³-hybridized carbons (Fsp3) is 0.455. The maximum absolute atomic E-state index is 8.09. The molecule has 2 rings (SSSR count). The first-order valence-corrected chi connectivity index (χ1v) is 6.09. The summed E-state index contributed by atoms with van der Waals surface area (Å²) < 4.78 is 10.8. The van der Waals surface area contributed by atoms with E-state index in [-0.39, 0.29) is 6.29 Å². The molecule has 1 saturated heterocycles. The number of azide groups is 1. The first-order valence-electron chi connectivity index (χ1n) is 5.21. The molecule has 0 radical (unpaired) electrons. The summed E-state index contributed by atoms with van der Waals surface area (Å²) in [6, 6.07) is 1.97. The summed E-state index contributed by atoms with van der Waals surface area (Å²) in [5, 5.41) is 5.39. The van der Waals surface area contributed by atoms with Crippen molar-refractivity contribution in [1.82, 2.24) is 0 Å². The van der Waals surface area contributed by atoms with Gasteiger partial charge in [0.1, 0.15) is 0 Å². The third-order valence-corrected chi connectivity index (χ3v) is 3.06. The summed E-state index contributed by atoms with van der Waals surface area (Å²) in [4.78, 5) is 3.71. The van der Waals surface area contributed by atoms with E-state index >= 15 is 0 Å². The van der Waals surface area contributed by atoms with Crippen LogP contribution < -0.4 is 0 Å². The Bertz CT molecular complexity index is 476. The maximum atomic E-state index is 8.09. The van der Waals surface area contributed by atoms with Gasteiger partial charge in [-0.05, 0) is 11.6 Å². The molecule has 0 spiro atoms.